The Hall–Kier alpha value is -2.52. The first-order valence-electron chi connectivity index (χ1n) is 7.24. The van der Waals surface area contributed by atoms with Gasteiger partial charge in [0.05, 0.1) is 29.1 Å². The van der Waals surface area contributed by atoms with Crippen LogP contribution >= 0.6 is 11.6 Å². The molecule has 0 saturated heterocycles. The molecule has 1 aromatic heterocycles. The first kappa shape index (κ1) is 15.4. The van der Waals surface area contributed by atoms with Gasteiger partial charge in [0.2, 0.25) is 0 Å². The average molecular weight is 326 g/mol. The van der Waals surface area contributed by atoms with Crippen LogP contribution in [-0.4, -0.2) is 17.6 Å². The summed E-state index contributed by atoms with van der Waals surface area (Å²) in [5, 5.41) is 0.578. The number of aromatic nitrogens is 1. The topological polar surface area (TPSA) is 31.2 Å². The van der Waals surface area contributed by atoms with Gasteiger partial charge in [-0.05, 0) is 42.8 Å². The first-order chi connectivity index (χ1) is 11.1. The maximum Gasteiger partial charge on any atom is 0.337 e. The van der Waals surface area contributed by atoms with Gasteiger partial charge in [0.1, 0.15) is 0 Å². The van der Waals surface area contributed by atoms with E-state index in [1.165, 1.54) is 7.11 Å². The number of methoxy groups -OCH3 is 1. The minimum Gasteiger partial charge on any atom is -0.465 e. The molecule has 0 unspecified atom stereocenters. The van der Waals surface area contributed by atoms with Crippen LogP contribution in [0.3, 0.4) is 0 Å². The summed E-state index contributed by atoms with van der Waals surface area (Å²) in [6.45, 7) is 2.01. The van der Waals surface area contributed by atoms with Crippen molar-refractivity contribution < 1.29 is 9.53 Å². The second kappa shape index (κ2) is 6.31. The van der Waals surface area contributed by atoms with E-state index in [1.807, 2.05) is 54.0 Å². The summed E-state index contributed by atoms with van der Waals surface area (Å²) in [6.07, 6.45) is 0. The third-order valence-electron chi connectivity index (χ3n) is 3.75. The molecule has 0 fully saturated rings. The van der Waals surface area contributed by atoms with E-state index in [4.69, 9.17) is 16.3 Å². The summed E-state index contributed by atoms with van der Waals surface area (Å²) < 4.78 is 6.85. The Morgan fingerprint density at radius 3 is 2.48 bits per heavy atom. The predicted molar refractivity (Wildman–Crippen MR) is 92.3 cm³/mol. The zero-order valence-corrected chi connectivity index (χ0v) is 13.7. The SMILES string of the molecule is COC(=O)c1ccc(Cl)c(-n2c(C)ccc2-c2ccccc2)c1. The Balaban J connectivity index is 2.20. The number of carbonyl (C=O) groups is 1. The molecule has 0 spiro atoms. The lowest BCUT2D eigenvalue weighted by atomic mass is 10.1. The number of esters is 1. The van der Waals surface area contributed by atoms with Gasteiger partial charge in [-0.15, -0.1) is 0 Å². The highest BCUT2D eigenvalue weighted by atomic mass is 35.5. The number of ether oxygens (including phenoxy) is 1. The van der Waals surface area contributed by atoms with Crippen LogP contribution in [0, 0.1) is 6.92 Å². The van der Waals surface area contributed by atoms with E-state index < -0.39 is 0 Å². The van der Waals surface area contributed by atoms with Gasteiger partial charge in [-0.25, -0.2) is 4.79 Å². The lowest BCUT2D eigenvalue weighted by molar-refractivity contribution is 0.0600. The van der Waals surface area contributed by atoms with Crippen LogP contribution in [0.2, 0.25) is 5.02 Å². The molecule has 0 atom stereocenters. The molecule has 2 aromatic carbocycles. The summed E-state index contributed by atoms with van der Waals surface area (Å²) >= 11 is 6.39. The van der Waals surface area contributed by atoms with Gasteiger partial charge in [-0.3, -0.25) is 0 Å². The highest BCUT2D eigenvalue weighted by Crippen LogP contribution is 2.31. The van der Waals surface area contributed by atoms with Crippen LogP contribution in [0.1, 0.15) is 16.1 Å². The maximum absolute atomic E-state index is 11.8. The molecule has 23 heavy (non-hydrogen) atoms. The number of aryl methyl sites for hydroxylation is 1. The van der Waals surface area contributed by atoms with Crippen molar-refractivity contribution in [3.8, 4) is 16.9 Å². The summed E-state index contributed by atoms with van der Waals surface area (Å²) in [7, 11) is 1.37. The van der Waals surface area contributed by atoms with Crippen molar-refractivity contribution in [2.24, 2.45) is 0 Å². The second-order valence-electron chi connectivity index (χ2n) is 5.22. The van der Waals surface area contributed by atoms with E-state index in [1.54, 1.807) is 18.2 Å². The molecule has 3 rings (SSSR count). The molecule has 4 heteroatoms. The Kier molecular flexibility index (Phi) is 4.22. The van der Waals surface area contributed by atoms with Gasteiger partial charge in [0.15, 0.2) is 0 Å². The van der Waals surface area contributed by atoms with Gasteiger partial charge in [-0.1, -0.05) is 41.9 Å². The Morgan fingerprint density at radius 2 is 1.78 bits per heavy atom. The molecule has 0 aliphatic rings. The minimum absolute atomic E-state index is 0.381. The highest BCUT2D eigenvalue weighted by Gasteiger charge is 2.15. The van der Waals surface area contributed by atoms with Crippen molar-refractivity contribution in [3.05, 3.63) is 76.9 Å². The fourth-order valence-electron chi connectivity index (χ4n) is 2.62. The summed E-state index contributed by atoms with van der Waals surface area (Å²) in [5.41, 5.74) is 4.37. The van der Waals surface area contributed by atoms with Crippen LogP contribution in [0.15, 0.2) is 60.7 Å². The van der Waals surface area contributed by atoms with Crippen LogP contribution in [0.5, 0.6) is 0 Å². The highest BCUT2D eigenvalue weighted by molar-refractivity contribution is 6.32. The van der Waals surface area contributed by atoms with Gasteiger partial charge >= 0.3 is 5.97 Å². The molecule has 0 aliphatic heterocycles. The van der Waals surface area contributed by atoms with Crippen LogP contribution in [-0.2, 0) is 4.74 Å². The Morgan fingerprint density at radius 1 is 1.04 bits per heavy atom. The zero-order valence-electron chi connectivity index (χ0n) is 12.9. The number of hydrogen-bond acceptors (Lipinski definition) is 2. The number of carbonyl (C=O) groups excluding carboxylic acids is 1. The van der Waals surface area contributed by atoms with Crippen molar-refractivity contribution in [3.63, 3.8) is 0 Å². The van der Waals surface area contributed by atoms with Gasteiger partial charge in [0, 0.05) is 5.69 Å². The standard InChI is InChI=1S/C19H16ClNO2/c1-13-8-11-17(14-6-4-3-5-7-14)21(13)18-12-15(19(22)23-2)9-10-16(18)20/h3-12H,1-2H3. The minimum atomic E-state index is -0.381. The first-order valence-corrected chi connectivity index (χ1v) is 7.61. The lowest BCUT2D eigenvalue weighted by Gasteiger charge is -2.15. The number of rotatable bonds is 3. The Labute approximate surface area is 140 Å². The molecule has 0 N–H and O–H groups in total. The molecule has 0 bridgehead atoms. The van der Waals surface area contributed by atoms with Crippen molar-refractivity contribution in [1.29, 1.82) is 0 Å². The predicted octanol–water partition coefficient (Wildman–Crippen LogP) is 4.89. The molecule has 0 saturated carbocycles. The smallest absolute Gasteiger partial charge is 0.337 e. The number of nitrogens with zero attached hydrogens (tertiary/aromatic N) is 1. The molecule has 1 heterocycles. The average Bonchev–Trinajstić information content (AvgIpc) is 2.97. The van der Waals surface area contributed by atoms with E-state index in [2.05, 4.69) is 0 Å². The lowest BCUT2D eigenvalue weighted by Crippen LogP contribution is -2.05. The number of benzene rings is 2. The molecular weight excluding hydrogens is 310 g/mol. The summed E-state index contributed by atoms with van der Waals surface area (Å²) in [5.74, 6) is -0.381. The van der Waals surface area contributed by atoms with Crippen molar-refractivity contribution in [2.45, 2.75) is 6.92 Å². The number of hydrogen-bond donors (Lipinski definition) is 0. The van der Waals surface area contributed by atoms with E-state index in [-0.39, 0.29) is 5.97 Å². The number of halogens is 1. The van der Waals surface area contributed by atoms with E-state index >= 15 is 0 Å². The second-order valence-corrected chi connectivity index (χ2v) is 5.63. The van der Waals surface area contributed by atoms with Crippen LogP contribution in [0.4, 0.5) is 0 Å². The maximum atomic E-state index is 11.8. The van der Waals surface area contributed by atoms with E-state index in [0.29, 0.717) is 10.6 Å². The quantitative estimate of drug-likeness (QED) is 0.642. The third-order valence-corrected chi connectivity index (χ3v) is 4.07. The molecule has 3 aromatic rings. The molecule has 0 radical (unpaired) electrons. The van der Waals surface area contributed by atoms with Crippen molar-refractivity contribution in [1.82, 2.24) is 4.57 Å². The van der Waals surface area contributed by atoms with Crippen molar-refractivity contribution >= 4 is 17.6 Å². The fraction of sp³-hybridized carbons (Fsp3) is 0.105. The molecule has 116 valence electrons. The molecule has 3 nitrogen and oxygen atoms in total. The zero-order chi connectivity index (χ0) is 16.4. The fourth-order valence-corrected chi connectivity index (χ4v) is 2.82. The van der Waals surface area contributed by atoms with Crippen LogP contribution in [0.25, 0.3) is 16.9 Å². The Bertz CT molecular complexity index is 853. The van der Waals surface area contributed by atoms with Crippen molar-refractivity contribution in [2.75, 3.05) is 7.11 Å². The van der Waals surface area contributed by atoms with E-state index in [9.17, 15) is 4.79 Å². The summed E-state index contributed by atoms with van der Waals surface area (Å²) in [4.78, 5) is 11.8. The van der Waals surface area contributed by atoms with E-state index in [0.717, 1.165) is 22.6 Å². The van der Waals surface area contributed by atoms with Gasteiger partial charge in [0.25, 0.3) is 0 Å². The monoisotopic (exact) mass is 325 g/mol. The molecule has 0 amide bonds. The molecular formula is C19H16ClNO2. The van der Waals surface area contributed by atoms with Crippen LogP contribution < -0.4 is 0 Å². The molecule has 0 aliphatic carbocycles. The summed E-state index contributed by atoms with van der Waals surface area (Å²) in [6, 6.07) is 19.3. The van der Waals surface area contributed by atoms with Gasteiger partial charge < -0.3 is 9.30 Å². The normalized spacial score (nSPS) is 10.6. The largest absolute Gasteiger partial charge is 0.465 e. The third kappa shape index (κ3) is 2.88. The van der Waals surface area contributed by atoms with Gasteiger partial charge in [-0.2, -0.15) is 0 Å².